The quantitative estimate of drug-likeness (QED) is 0.669. The molecule has 1 aromatic heterocycles. The number of cyclic esters (lactones) is 1. The summed E-state index contributed by atoms with van der Waals surface area (Å²) in [4.78, 5) is 16.9. The molecular formula is C19H13NO5. The van der Waals surface area contributed by atoms with Gasteiger partial charge in [0.2, 0.25) is 6.79 Å². The van der Waals surface area contributed by atoms with E-state index in [0.717, 1.165) is 27.8 Å². The third-order valence-corrected chi connectivity index (χ3v) is 4.48. The highest BCUT2D eigenvalue weighted by Gasteiger charge is 2.30. The first-order valence-electron chi connectivity index (χ1n) is 7.82. The normalized spacial score (nSPS) is 14.5. The molecule has 3 aromatic rings. The zero-order valence-electron chi connectivity index (χ0n) is 13.4. The standard InChI is InChI=1S/C19H13NO5/c1-22-11-4-2-10(3-5-11)17-12-6-15-16(25-9-24-15)7-13(12)20-14-8-23-19(21)18(14)17/h2-7H,8-9H2,1H3. The van der Waals surface area contributed by atoms with Gasteiger partial charge >= 0.3 is 5.97 Å². The lowest BCUT2D eigenvalue weighted by atomic mass is 9.94. The second kappa shape index (κ2) is 5.11. The molecule has 0 aliphatic carbocycles. The van der Waals surface area contributed by atoms with E-state index in [0.29, 0.717) is 22.8 Å². The number of carbonyl (C=O) groups is 1. The molecule has 2 aromatic carbocycles. The van der Waals surface area contributed by atoms with Crippen LogP contribution in [0.15, 0.2) is 36.4 Å². The molecule has 25 heavy (non-hydrogen) atoms. The average molecular weight is 335 g/mol. The van der Waals surface area contributed by atoms with E-state index in [2.05, 4.69) is 4.98 Å². The van der Waals surface area contributed by atoms with Crippen LogP contribution in [0, 0.1) is 0 Å². The van der Waals surface area contributed by atoms with Crippen LogP contribution in [0.5, 0.6) is 17.2 Å². The van der Waals surface area contributed by atoms with Crippen LogP contribution in [0.25, 0.3) is 22.0 Å². The Labute approximate surface area is 142 Å². The summed E-state index contributed by atoms with van der Waals surface area (Å²) in [6, 6.07) is 11.3. The summed E-state index contributed by atoms with van der Waals surface area (Å²) in [6.45, 7) is 0.368. The minimum absolute atomic E-state index is 0.182. The van der Waals surface area contributed by atoms with Gasteiger partial charge in [-0.25, -0.2) is 9.78 Å². The maximum Gasteiger partial charge on any atom is 0.341 e. The highest BCUT2D eigenvalue weighted by atomic mass is 16.7. The molecule has 0 N–H and O–H groups in total. The van der Waals surface area contributed by atoms with Crippen LogP contribution >= 0.6 is 0 Å². The van der Waals surface area contributed by atoms with Gasteiger partial charge in [-0.3, -0.25) is 0 Å². The van der Waals surface area contributed by atoms with Crippen LogP contribution in [0.3, 0.4) is 0 Å². The molecule has 0 fully saturated rings. The first-order chi connectivity index (χ1) is 12.2. The SMILES string of the molecule is COc1ccc(-c2c3c(nc4cc5c(cc24)OCO5)COC3=O)cc1. The van der Waals surface area contributed by atoms with Gasteiger partial charge < -0.3 is 18.9 Å². The molecule has 3 heterocycles. The monoisotopic (exact) mass is 335 g/mol. The summed E-state index contributed by atoms with van der Waals surface area (Å²) in [5.74, 6) is 1.70. The zero-order chi connectivity index (χ0) is 17.0. The summed E-state index contributed by atoms with van der Waals surface area (Å²) in [5.41, 5.74) is 3.58. The highest BCUT2D eigenvalue weighted by Crippen LogP contribution is 2.42. The number of methoxy groups -OCH3 is 1. The molecule has 2 aliphatic rings. The predicted octanol–water partition coefficient (Wildman–Crippen LogP) is 3.31. The van der Waals surface area contributed by atoms with Gasteiger partial charge in [0.25, 0.3) is 0 Å². The number of hydrogen-bond donors (Lipinski definition) is 0. The van der Waals surface area contributed by atoms with Crippen molar-refractivity contribution >= 4 is 16.9 Å². The molecule has 0 unspecified atom stereocenters. The first-order valence-corrected chi connectivity index (χ1v) is 7.82. The van der Waals surface area contributed by atoms with Gasteiger partial charge in [0.1, 0.15) is 12.4 Å². The predicted molar refractivity (Wildman–Crippen MR) is 89.0 cm³/mol. The second-order valence-electron chi connectivity index (χ2n) is 5.84. The van der Waals surface area contributed by atoms with Gasteiger partial charge in [-0.05, 0) is 23.8 Å². The minimum Gasteiger partial charge on any atom is -0.497 e. The number of esters is 1. The molecule has 6 heteroatoms. The molecule has 2 aliphatic heterocycles. The average Bonchev–Trinajstić information content (AvgIpc) is 3.24. The Morgan fingerprint density at radius 3 is 2.52 bits per heavy atom. The maximum absolute atomic E-state index is 12.3. The molecule has 124 valence electrons. The van der Waals surface area contributed by atoms with E-state index in [4.69, 9.17) is 18.9 Å². The summed E-state index contributed by atoms with van der Waals surface area (Å²) >= 11 is 0. The van der Waals surface area contributed by atoms with Crippen molar-refractivity contribution in [1.29, 1.82) is 0 Å². The van der Waals surface area contributed by atoms with Crippen LogP contribution in [0.4, 0.5) is 0 Å². The Morgan fingerprint density at radius 1 is 1.00 bits per heavy atom. The number of benzene rings is 2. The molecule has 6 nitrogen and oxygen atoms in total. The molecule has 0 radical (unpaired) electrons. The van der Waals surface area contributed by atoms with E-state index in [9.17, 15) is 4.79 Å². The Kier molecular flexibility index (Phi) is 2.88. The van der Waals surface area contributed by atoms with Crippen molar-refractivity contribution in [3.8, 4) is 28.4 Å². The number of fused-ring (bicyclic) bond motifs is 3. The first kappa shape index (κ1) is 14.1. The maximum atomic E-state index is 12.3. The fraction of sp³-hybridized carbons (Fsp3) is 0.158. The molecule has 0 atom stereocenters. The van der Waals surface area contributed by atoms with Crippen molar-refractivity contribution in [2.45, 2.75) is 6.61 Å². The van der Waals surface area contributed by atoms with Crippen LogP contribution in [0.1, 0.15) is 16.1 Å². The fourth-order valence-electron chi connectivity index (χ4n) is 3.29. The lowest BCUT2D eigenvalue weighted by molar-refractivity contribution is 0.0534. The number of rotatable bonds is 2. The Hall–Kier alpha value is -3.28. The summed E-state index contributed by atoms with van der Waals surface area (Å²) in [6.07, 6.45) is 0. The lowest BCUT2D eigenvalue weighted by Crippen LogP contribution is -2.00. The number of carbonyl (C=O) groups excluding carboxylic acids is 1. The number of nitrogens with zero attached hydrogens (tertiary/aromatic N) is 1. The zero-order valence-corrected chi connectivity index (χ0v) is 13.4. The van der Waals surface area contributed by atoms with Crippen LogP contribution in [-0.4, -0.2) is 24.9 Å². The van der Waals surface area contributed by atoms with Crippen molar-refractivity contribution in [3.05, 3.63) is 47.7 Å². The molecule has 0 amide bonds. The topological polar surface area (TPSA) is 66.9 Å². The van der Waals surface area contributed by atoms with Crippen LogP contribution < -0.4 is 14.2 Å². The fourth-order valence-corrected chi connectivity index (χ4v) is 3.29. The highest BCUT2D eigenvalue weighted by molar-refractivity contribution is 6.09. The third-order valence-electron chi connectivity index (χ3n) is 4.48. The van der Waals surface area contributed by atoms with Crippen LogP contribution in [0.2, 0.25) is 0 Å². The minimum atomic E-state index is -0.354. The van der Waals surface area contributed by atoms with Crippen molar-refractivity contribution in [1.82, 2.24) is 4.98 Å². The molecule has 0 saturated carbocycles. The third kappa shape index (κ3) is 2.04. The largest absolute Gasteiger partial charge is 0.497 e. The van der Waals surface area contributed by atoms with Crippen molar-refractivity contribution in [2.75, 3.05) is 13.9 Å². The van der Waals surface area contributed by atoms with Gasteiger partial charge in [0.15, 0.2) is 11.5 Å². The lowest BCUT2D eigenvalue weighted by Gasteiger charge is -2.12. The van der Waals surface area contributed by atoms with Crippen molar-refractivity contribution < 1.29 is 23.7 Å². The van der Waals surface area contributed by atoms with E-state index >= 15 is 0 Å². The van der Waals surface area contributed by atoms with E-state index in [-0.39, 0.29) is 19.4 Å². The molecule has 0 spiro atoms. The van der Waals surface area contributed by atoms with E-state index in [1.807, 2.05) is 36.4 Å². The number of ether oxygens (including phenoxy) is 4. The van der Waals surface area contributed by atoms with Gasteiger partial charge in [0, 0.05) is 17.0 Å². The van der Waals surface area contributed by atoms with Crippen molar-refractivity contribution in [3.63, 3.8) is 0 Å². The smallest absolute Gasteiger partial charge is 0.341 e. The van der Waals surface area contributed by atoms with E-state index in [1.54, 1.807) is 7.11 Å². The van der Waals surface area contributed by atoms with Gasteiger partial charge in [-0.15, -0.1) is 0 Å². The summed E-state index contributed by atoms with van der Waals surface area (Å²) < 4.78 is 21.4. The van der Waals surface area contributed by atoms with E-state index < -0.39 is 0 Å². The van der Waals surface area contributed by atoms with Crippen molar-refractivity contribution in [2.24, 2.45) is 0 Å². The number of aromatic nitrogens is 1. The Balaban J connectivity index is 1.85. The van der Waals surface area contributed by atoms with Gasteiger partial charge in [0.05, 0.1) is 23.9 Å². The van der Waals surface area contributed by atoms with Crippen LogP contribution in [-0.2, 0) is 11.3 Å². The number of hydrogen-bond acceptors (Lipinski definition) is 6. The Bertz CT molecular complexity index is 1030. The molecule has 0 bridgehead atoms. The molecular weight excluding hydrogens is 322 g/mol. The second-order valence-corrected chi connectivity index (χ2v) is 5.84. The van der Waals surface area contributed by atoms with Gasteiger partial charge in [-0.2, -0.15) is 0 Å². The summed E-state index contributed by atoms with van der Waals surface area (Å²) in [7, 11) is 1.62. The van der Waals surface area contributed by atoms with E-state index in [1.165, 1.54) is 0 Å². The molecule has 0 saturated heterocycles. The summed E-state index contributed by atoms with van der Waals surface area (Å²) in [5, 5.41) is 0.826. The molecule has 5 rings (SSSR count). The Morgan fingerprint density at radius 2 is 1.76 bits per heavy atom. The number of pyridine rings is 1. The van der Waals surface area contributed by atoms with Gasteiger partial charge in [-0.1, -0.05) is 12.1 Å².